The molecule has 0 fully saturated rings. The van der Waals surface area contributed by atoms with Gasteiger partial charge in [-0.3, -0.25) is 4.90 Å². The molecule has 2 heterocycles. The Hall–Kier alpha value is -3.18. The molecule has 0 radical (unpaired) electrons. The molecule has 0 unspecified atom stereocenters. The topological polar surface area (TPSA) is 132 Å². The lowest BCUT2D eigenvalue weighted by Crippen LogP contribution is -2.37. The Labute approximate surface area is 173 Å². The van der Waals surface area contributed by atoms with E-state index in [2.05, 4.69) is 10.2 Å². The third-order valence-corrected chi connectivity index (χ3v) is 6.46. The van der Waals surface area contributed by atoms with Crippen LogP contribution in [-0.4, -0.2) is 46.8 Å². The molecule has 2 aliphatic rings. The number of nitrogens with zero attached hydrogens (tertiary/aromatic N) is 1. The van der Waals surface area contributed by atoms with Crippen LogP contribution in [0.25, 0.3) is 0 Å². The van der Waals surface area contributed by atoms with E-state index in [4.69, 9.17) is 19.9 Å². The maximum Gasteiger partial charge on any atom is 0.326 e. The normalized spacial score (nSPS) is 17.9. The van der Waals surface area contributed by atoms with Crippen LogP contribution in [0.15, 0.2) is 35.2 Å². The van der Waals surface area contributed by atoms with Crippen LogP contribution in [-0.2, 0) is 16.4 Å². The zero-order chi connectivity index (χ0) is 21.5. The van der Waals surface area contributed by atoms with Crippen molar-refractivity contribution in [1.29, 1.82) is 0 Å². The number of primary amides is 1. The van der Waals surface area contributed by atoms with E-state index in [0.29, 0.717) is 22.9 Å². The number of rotatable bonds is 5. The number of methoxy groups -OCH3 is 1. The van der Waals surface area contributed by atoms with Gasteiger partial charge in [-0.2, -0.15) is 0 Å². The third-order valence-electron chi connectivity index (χ3n) is 5.10. The zero-order valence-corrected chi connectivity index (χ0v) is 17.3. The average Bonchev–Trinajstić information content (AvgIpc) is 3.16. The summed E-state index contributed by atoms with van der Waals surface area (Å²) in [7, 11) is -0.421. The first kappa shape index (κ1) is 20.1. The largest absolute Gasteiger partial charge is 0.492 e. The highest BCUT2D eigenvalue weighted by atomic mass is 32.2. The Morgan fingerprint density at radius 3 is 2.67 bits per heavy atom. The van der Waals surface area contributed by atoms with E-state index in [1.54, 1.807) is 24.0 Å². The highest BCUT2D eigenvalue weighted by molar-refractivity contribution is 7.90. The Morgan fingerprint density at radius 2 is 2.00 bits per heavy atom. The van der Waals surface area contributed by atoms with Crippen molar-refractivity contribution in [2.24, 2.45) is 5.73 Å². The molecule has 1 atom stereocenters. The number of sulfonamides is 1. The van der Waals surface area contributed by atoms with Crippen LogP contribution in [0.1, 0.15) is 17.3 Å². The molecule has 2 amide bonds. The van der Waals surface area contributed by atoms with E-state index >= 15 is 0 Å². The highest BCUT2D eigenvalue weighted by Crippen LogP contribution is 2.49. The van der Waals surface area contributed by atoms with Crippen LogP contribution in [0.2, 0.25) is 0 Å². The van der Waals surface area contributed by atoms with E-state index in [1.807, 2.05) is 13.1 Å². The molecule has 4 rings (SSSR count). The summed E-state index contributed by atoms with van der Waals surface area (Å²) in [5.74, 6) is 1.87. The summed E-state index contributed by atoms with van der Waals surface area (Å²) in [4.78, 5) is 13.0. The van der Waals surface area contributed by atoms with Gasteiger partial charge in [0.25, 0.3) is 10.0 Å². The van der Waals surface area contributed by atoms with Crippen molar-refractivity contribution < 1.29 is 27.4 Å². The van der Waals surface area contributed by atoms with Gasteiger partial charge in [-0.25, -0.2) is 17.9 Å². The van der Waals surface area contributed by atoms with Crippen LogP contribution < -0.4 is 30.0 Å². The Kier molecular flexibility index (Phi) is 5.08. The Balaban J connectivity index is 1.66. The van der Waals surface area contributed by atoms with Crippen molar-refractivity contribution in [3.05, 3.63) is 41.5 Å². The Morgan fingerprint density at radius 1 is 1.27 bits per heavy atom. The molecule has 0 aliphatic carbocycles. The monoisotopic (exact) mass is 434 g/mol. The van der Waals surface area contributed by atoms with E-state index in [0.717, 1.165) is 24.1 Å². The fourth-order valence-electron chi connectivity index (χ4n) is 3.69. The standard InChI is InChI=1S/C19H22N4O6S/c1-23-8-7-11-9-14-16(29-10-28-14)17(27-2)15(11)18(23)21-12-3-5-13(6-4-12)30(25,26)22-19(20)24/h3-6,9,18,21H,7-8,10H2,1-2H3,(H3,20,22,24)/t18-/m0/s1. The number of nitrogens with two attached hydrogens (primary N) is 1. The predicted octanol–water partition coefficient (Wildman–Crippen LogP) is 1.38. The quantitative estimate of drug-likeness (QED) is 0.643. The minimum absolute atomic E-state index is 0.0646. The molecule has 2 aromatic rings. The number of ether oxygens (including phenoxy) is 3. The molecule has 0 saturated carbocycles. The third kappa shape index (κ3) is 3.57. The lowest BCUT2D eigenvalue weighted by molar-refractivity contribution is 0.170. The summed E-state index contributed by atoms with van der Waals surface area (Å²) >= 11 is 0. The maximum absolute atomic E-state index is 12.1. The molecular weight excluding hydrogens is 412 g/mol. The van der Waals surface area contributed by atoms with Crippen LogP contribution >= 0.6 is 0 Å². The smallest absolute Gasteiger partial charge is 0.326 e. The van der Waals surface area contributed by atoms with Crippen molar-refractivity contribution in [3.8, 4) is 17.2 Å². The summed E-state index contributed by atoms with van der Waals surface area (Å²) < 4.78 is 42.7. The SMILES string of the molecule is COc1c2c(cc3c1[C@@H](Nc1ccc(S(=O)(=O)NC(N)=O)cc1)N(C)CC3)OCO2. The van der Waals surface area contributed by atoms with E-state index < -0.39 is 16.1 Å². The Bertz CT molecular complexity index is 1090. The number of amides is 2. The highest BCUT2D eigenvalue weighted by Gasteiger charge is 2.34. The predicted molar refractivity (Wildman–Crippen MR) is 108 cm³/mol. The zero-order valence-electron chi connectivity index (χ0n) is 16.5. The number of carbonyl (C=O) groups excluding carboxylic acids is 1. The maximum atomic E-state index is 12.1. The van der Waals surface area contributed by atoms with Crippen LogP contribution in [0.4, 0.5) is 10.5 Å². The van der Waals surface area contributed by atoms with Gasteiger partial charge in [-0.1, -0.05) is 0 Å². The molecule has 30 heavy (non-hydrogen) atoms. The molecule has 2 aromatic carbocycles. The number of carbonyl (C=O) groups is 1. The number of fused-ring (bicyclic) bond motifs is 2. The molecule has 11 heteroatoms. The summed E-state index contributed by atoms with van der Waals surface area (Å²) in [5, 5.41) is 3.41. The summed E-state index contributed by atoms with van der Waals surface area (Å²) in [6, 6.07) is 6.88. The molecule has 4 N–H and O–H groups in total. The van der Waals surface area contributed by atoms with Crippen molar-refractivity contribution in [2.45, 2.75) is 17.5 Å². The molecule has 0 bridgehead atoms. The second-order valence-electron chi connectivity index (χ2n) is 6.99. The fraction of sp³-hybridized carbons (Fsp3) is 0.316. The van der Waals surface area contributed by atoms with Gasteiger partial charge < -0.3 is 25.3 Å². The van der Waals surface area contributed by atoms with Crippen LogP contribution in [0.3, 0.4) is 0 Å². The van der Waals surface area contributed by atoms with Gasteiger partial charge in [0.05, 0.1) is 12.0 Å². The van der Waals surface area contributed by atoms with Crippen LogP contribution in [0, 0.1) is 0 Å². The minimum Gasteiger partial charge on any atom is -0.492 e. The first-order chi connectivity index (χ1) is 14.3. The number of hydrogen-bond acceptors (Lipinski definition) is 8. The molecular formula is C19H22N4O6S. The molecule has 160 valence electrons. The second-order valence-corrected chi connectivity index (χ2v) is 8.67. The second kappa shape index (κ2) is 7.58. The van der Waals surface area contributed by atoms with Crippen molar-refractivity contribution in [3.63, 3.8) is 0 Å². The number of urea groups is 1. The van der Waals surface area contributed by atoms with Gasteiger partial charge >= 0.3 is 6.03 Å². The van der Waals surface area contributed by atoms with Crippen molar-refractivity contribution in [2.75, 3.05) is 32.8 Å². The van der Waals surface area contributed by atoms with Gasteiger partial charge in [-0.05, 0) is 49.4 Å². The van der Waals surface area contributed by atoms with Gasteiger partial charge in [0.1, 0.15) is 6.17 Å². The molecule has 0 spiro atoms. The van der Waals surface area contributed by atoms with Gasteiger partial charge in [0.2, 0.25) is 12.5 Å². The van der Waals surface area contributed by atoms with Crippen LogP contribution in [0.5, 0.6) is 17.2 Å². The number of anilines is 1. The lowest BCUT2D eigenvalue weighted by atomic mass is 9.94. The molecule has 10 nitrogen and oxygen atoms in total. The fourth-order valence-corrected chi connectivity index (χ4v) is 4.57. The molecule has 0 saturated heterocycles. The lowest BCUT2D eigenvalue weighted by Gasteiger charge is -2.36. The van der Waals surface area contributed by atoms with Gasteiger partial charge in [-0.15, -0.1) is 0 Å². The summed E-state index contributed by atoms with van der Waals surface area (Å²) in [6.45, 7) is 0.959. The van der Waals surface area contributed by atoms with E-state index in [-0.39, 0.29) is 17.9 Å². The summed E-state index contributed by atoms with van der Waals surface area (Å²) in [5.41, 5.74) is 7.65. The number of nitrogens with one attached hydrogen (secondary N) is 2. The first-order valence-corrected chi connectivity index (χ1v) is 10.7. The molecule has 2 aliphatic heterocycles. The van der Waals surface area contributed by atoms with Gasteiger partial charge in [0.15, 0.2) is 11.5 Å². The number of likely N-dealkylation sites (N-methyl/N-ethyl adjacent to an activating group) is 1. The van der Waals surface area contributed by atoms with Gasteiger partial charge in [0, 0.05) is 17.8 Å². The van der Waals surface area contributed by atoms with Crippen molar-refractivity contribution >= 4 is 21.7 Å². The van der Waals surface area contributed by atoms with E-state index in [9.17, 15) is 13.2 Å². The molecule has 0 aromatic heterocycles. The first-order valence-electron chi connectivity index (χ1n) is 9.18. The number of hydrogen-bond donors (Lipinski definition) is 3. The average molecular weight is 434 g/mol. The number of benzene rings is 2. The summed E-state index contributed by atoms with van der Waals surface area (Å²) in [6.07, 6.45) is 0.594. The van der Waals surface area contributed by atoms with E-state index in [1.165, 1.54) is 12.1 Å². The minimum atomic E-state index is -4.00. The van der Waals surface area contributed by atoms with Crippen molar-refractivity contribution in [1.82, 2.24) is 9.62 Å².